The summed E-state index contributed by atoms with van der Waals surface area (Å²) in [4.78, 5) is 11.6. The maximum Gasteiger partial charge on any atom is 0.256 e. The highest BCUT2D eigenvalue weighted by atomic mass is 19.1. The quantitative estimate of drug-likeness (QED) is 0.767. The van der Waals surface area contributed by atoms with Crippen molar-refractivity contribution in [3.63, 3.8) is 0 Å². The minimum atomic E-state index is -0.390. The highest BCUT2D eigenvalue weighted by Crippen LogP contribution is 2.20. The van der Waals surface area contributed by atoms with E-state index in [0.717, 1.165) is 0 Å². The van der Waals surface area contributed by atoms with Crippen LogP contribution in [-0.4, -0.2) is 17.6 Å². The molecule has 5 heteroatoms. The molecule has 0 spiro atoms. The second-order valence-electron chi connectivity index (χ2n) is 3.94. The Labute approximate surface area is 104 Å². The molecule has 4 nitrogen and oxygen atoms in total. The van der Waals surface area contributed by atoms with Gasteiger partial charge in [0.1, 0.15) is 11.6 Å². The van der Waals surface area contributed by atoms with Crippen molar-refractivity contribution >= 4 is 11.6 Å². The molecule has 1 aromatic carbocycles. The number of aliphatic hydroxyl groups is 1. The Morgan fingerprint density at radius 1 is 1.50 bits per heavy atom. The third kappa shape index (κ3) is 2.51. The maximum absolute atomic E-state index is 13.0. The van der Waals surface area contributed by atoms with E-state index in [2.05, 4.69) is 17.2 Å². The van der Waals surface area contributed by atoms with Crippen LogP contribution in [0.3, 0.4) is 0 Å². The molecule has 0 saturated heterocycles. The molecule has 1 aliphatic rings. The van der Waals surface area contributed by atoms with Crippen LogP contribution in [0.5, 0.6) is 0 Å². The monoisotopic (exact) mass is 248 g/mol. The Bertz CT molecular complexity index is 538. The van der Waals surface area contributed by atoms with Gasteiger partial charge in [-0.2, -0.15) is 0 Å². The standard InChI is InChI=1S/C13H13FN2O2/c1-8(12-11(17)5-6-15-13(12)18)16-10-4-2-3-9(14)7-10/h2-4,7,16-17H,1,5-6H2,(H,15,18). The van der Waals surface area contributed by atoms with Crippen molar-refractivity contribution in [2.75, 3.05) is 11.9 Å². The molecule has 0 aromatic heterocycles. The van der Waals surface area contributed by atoms with Crippen molar-refractivity contribution in [3.8, 4) is 0 Å². The third-order valence-electron chi connectivity index (χ3n) is 2.58. The van der Waals surface area contributed by atoms with Gasteiger partial charge >= 0.3 is 0 Å². The molecule has 0 saturated carbocycles. The van der Waals surface area contributed by atoms with Gasteiger partial charge in [0.15, 0.2) is 0 Å². The van der Waals surface area contributed by atoms with E-state index in [0.29, 0.717) is 18.7 Å². The molecule has 1 amide bonds. The van der Waals surface area contributed by atoms with Crippen LogP contribution in [0.1, 0.15) is 6.42 Å². The van der Waals surface area contributed by atoms with Gasteiger partial charge in [-0.05, 0) is 18.2 Å². The summed E-state index contributed by atoms with van der Waals surface area (Å²) < 4.78 is 13.0. The van der Waals surface area contributed by atoms with Gasteiger partial charge in [0.2, 0.25) is 0 Å². The van der Waals surface area contributed by atoms with Crippen molar-refractivity contribution < 1.29 is 14.3 Å². The fraction of sp³-hybridized carbons (Fsp3) is 0.154. The van der Waals surface area contributed by atoms with E-state index < -0.39 is 0 Å². The zero-order chi connectivity index (χ0) is 13.1. The van der Waals surface area contributed by atoms with Gasteiger partial charge in [0.05, 0.1) is 5.57 Å². The smallest absolute Gasteiger partial charge is 0.256 e. The van der Waals surface area contributed by atoms with Crippen LogP contribution < -0.4 is 10.6 Å². The summed E-state index contributed by atoms with van der Waals surface area (Å²) in [6.45, 7) is 4.10. The molecule has 3 N–H and O–H groups in total. The molecule has 0 atom stereocenters. The van der Waals surface area contributed by atoms with Gasteiger partial charge in [-0.15, -0.1) is 0 Å². The largest absolute Gasteiger partial charge is 0.511 e. The topological polar surface area (TPSA) is 61.4 Å². The molecular weight excluding hydrogens is 235 g/mol. The minimum absolute atomic E-state index is 0.00680. The highest BCUT2D eigenvalue weighted by Gasteiger charge is 2.22. The number of halogens is 1. The number of hydrogen-bond donors (Lipinski definition) is 3. The summed E-state index contributed by atoms with van der Waals surface area (Å²) >= 11 is 0. The summed E-state index contributed by atoms with van der Waals surface area (Å²) in [7, 11) is 0. The van der Waals surface area contributed by atoms with Gasteiger partial charge in [0, 0.05) is 24.4 Å². The molecule has 0 aliphatic carbocycles. The van der Waals surface area contributed by atoms with Crippen LogP contribution in [0.15, 0.2) is 47.9 Å². The minimum Gasteiger partial charge on any atom is -0.511 e. The summed E-state index contributed by atoms with van der Waals surface area (Å²) in [5, 5.41) is 15.1. The molecule has 94 valence electrons. The number of hydrogen-bond acceptors (Lipinski definition) is 3. The average Bonchev–Trinajstić information content (AvgIpc) is 2.28. The molecule has 0 unspecified atom stereocenters. The zero-order valence-electron chi connectivity index (χ0n) is 9.66. The lowest BCUT2D eigenvalue weighted by molar-refractivity contribution is -0.117. The predicted molar refractivity (Wildman–Crippen MR) is 66.4 cm³/mol. The highest BCUT2D eigenvalue weighted by molar-refractivity contribution is 5.99. The number of amides is 1. The van der Waals surface area contributed by atoms with Crippen LogP contribution in [0.25, 0.3) is 0 Å². The first-order valence-corrected chi connectivity index (χ1v) is 5.50. The van der Waals surface area contributed by atoms with Crippen molar-refractivity contribution in [3.05, 3.63) is 53.7 Å². The van der Waals surface area contributed by atoms with Gasteiger partial charge in [-0.3, -0.25) is 4.79 Å². The Balaban J connectivity index is 2.20. The van der Waals surface area contributed by atoms with E-state index in [1.165, 1.54) is 12.1 Å². The average molecular weight is 248 g/mol. The van der Waals surface area contributed by atoms with E-state index >= 15 is 0 Å². The second-order valence-corrected chi connectivity index (χ2v) is 3.94. The number of anilines is 1. The lowest BCUT2D eigenvalue weighted by atomic mass is 10.1. The summed E-state index contributed by atoms with van der Waals surface area (Å²) in [6.07, 6.45) is 0.366. The number of carbonyl (C=O) groups is 1. The number of nitrogens with one attached hydrogen (secondary N) is 2. The molecule has 1 aliphatic heterocycles. The molecule has 2 rings (SSSR count). The zero-order valence-corrected chi connectivity index (χ0v) is 9.66. The molecular formula is C13H13FN2O2. The van der Waals surface area contributed by atoms with Crippen LogP contribution in [0.4, 0.5) is 10.1 Å². The van der Waals surface area contributed by atoms with Crippen molar-refractivity contribution in [2.24, 2.45) is 0 Å². The fourth-order valence-corrected chi connectivity index (χ4v) is 1.75. The van der Waals surface area contributed by atoms with Gasteiger partial charge < -0.3 is 15.7 Å². The number of aliphatic hydroxyl groups excluding tert-OH is 1. The predicted octanol–water partition coefficient (Wildman–Crippen LogP) is 2.08. The van der Waals surface area contributed by atoms with Crippen molar-refractivity contribution in [1.82, 2.24) is 5.32 Å². The van der Waals surface area contributed by atoms with Crippen LogP contribution in [0.2, 0.25) is 0 Å². The van der Waals surface area contributed by atoms with E-state index in [1.807, 2.05) is 0 Å². The molecule has 0 radical (unpaired) electrons. The molecule has 0 bridgehead atoms. The van der Waals surface area contributed by atoms with E-state index in [-0.39, 0.29) is 28.8 Å². The number of rotatable bonds is 3. The lowest BCUT2D eigenvalue weighted by Gasteiger charge is -2.19. The van der Waals surface area contributed by atoms with E-state index in [4.69, 9.17) is 0 Å². The first-order chi connectivity index (χ1) is 8.58. The van der Waals surface area contributed by atoms with Crippen molar-refractivity contribution in [1.29, 1.82) is 0 Å². The number of benzene rings is 1. The van der Waals surface area contributed by atoms with E-state index in [9.17, 15) is 14.3 Å². The normalized spacial score (nSPS) is 15.3. The molecule has 1 aromatic rings. The number of carbonyl (C=O) groups excluding carboxylic acids is 1. The van der Waals surface area contributed by atoms with Crippen LogP contribution in [-0.2, 0) is 4.79 Å². The summed E-state index contributed by atoms with van der Waals surface area (Å²) in [5.41, 5.74) is 0.833. The Morgan fingerprint density at radius 2 is 2.28 bits per heavy atom. The first kappa shape index (κ1) is 12.2. The fourth-order valence-electron chi connectivity index (χ4n) is 1.75. The third-order valence-corrected chi connectivity index (χ3v) is 2.58. The molecule has 18 heavy (non-hydrogen) atoms. The van der Waals surface area contributed by atoms with Crippen LogP contribution >= 0.6 is 0 Å². The summed E-state index contributed by atoms with van der Waals surface area (Å²) in [6, 6.07) is 5.79. The lowest BCUT2D eigenvalue weighted by Crippen LogP contribution is -2.33. The SMILES string of the molecule is C=C(Nc1cccc(F)c1)C1=C(O)CCNC1=O. The Morgan fingerprint density at radius 3 is 2.94 bits per heavy atom. The van der Waals surface area contributed by atoms with E-state index in [1.54, 1.807) is 12.1 Å². The second kappa shape index (κ2) is 4.91. The van der Waals surface area contributed by atoms with Crippen molar-refractivity contribution in [2.45, 2.75) is 6.42 Å². The summed E-state index contributed by atoms with van der Waals surface area (Å²) in [5.74, 6) is -0.778. The van der Waals surface area contributed by atoms with Crippen LogP contribution in [0, 0.1) is 5.82 Å². The van der Waals surface area contributed by atoms with Gasteiger partial charge in [-0.25, -0.2) is 4.39 Å². The maximum atomic E-state index is 13.0. The Kier molecular flexibility index (Phi) is 3.32. The molecule has 0 fully saturated rings. The Hall–Kier alpha value is -2.30. The molecule has 1 heterocycles. The van der Waals surface area contributed by atoms with Gasteiger partial charge in [0.25, 0.3) is 5.91 Å². The van der Waals surface area contributed by atoms with Gasteiger partial charge in [-0.1, -0.05) is 12.6 Å². The first-order valence-electron chi connectivity index (χ1n) is 5.50.